The van der Waals surface area contributed by atoms with Crippen LogP contribution in [0.25, 0.3) is 10.9 Å². The first-order valence-corrected chi connectivity index (χ1v) is 8.40. The number of benzene rings is 1. The van der Waals surface area contributed by atoms with Gasteiger partial charge in [-0.05, 0) is 43.2 Å². The molecule has 1 aliphatic rings. The topological polar surface area (TPSA) is 80.1 Å². The molecule has 24 heavy (non-hydrogen) atoms. The number of halogens is 1. The second-order valence-corrected chi connectivity index (χ2v) is 6.31. The Morgan fingerprint density at radius 2 is 2.08 bits per heavy atom. The van der Waals surface area contributed by atoms with Gasteiger partial charge in [0.15, 0.2) is 0 Å². The number of hydrogen-bond acceptors (Lipinski definition) is 3. The molecule has 3 rings (SSSR count). The summed E-state index contributed by atoms with van der Waals surface area (Å²) in [5.74, 6) is 0.594. The summed E-state index contributed by atoms with van der Waals surface area (Å²) in [7, 11) is 0. The van der Waals surface area contributed by atoms with Gasteiger partial charge in [-0.25, -0.2) is 0 Å². The molecule has 4 N–H and O–H groups in total. The minimum absolute atomic E-state index is 0. The largest absolute Gasteiger partial charge is 0.381 e. The molecule has 0 spiro atoms. The third kappa shape index (κ3) is 4.72. The van der Waals surface area contributed by atoms with Crippen molar-refractivity contribution in [1.82, 2.24) is 10.3 Å². The Balaban J connectivity index is 0.00000208. The number of carbonyl (C=O) groups is 1. The highest BCUT2D eigenvalue weighted by atomic mass is 35.5. The van der Waals surface area contributed by atoms with Crippen LogP contribution in [0.4, 0.5) is 0 Å². The molecule has 1 aromatic heterocycles. The molecule has 132 valence electrons. The van der Waals surface area contributed by atoms with Crippen molar-refractivity contribution in [1.29, 1.82) is 0 Å². The van der Waals surface area contributed by atoms with E-state index in [2.05, 4.69) is 16.4 Å². The van der Waals surface area contributed by atoms with E-state index in [-0.39, 0.29) is 18.3 Å². The van der Waals surface area contributed by atoms with E-state index in [4.69, 9.17) is 10.5 Å². The fourth-order valence-electron chi connectivity index (χ4n) is 3.20. The molecule has 0 saturated carbocycles. The van der Waals surface area contributed by atoms with Crippen molar-refractivity contribution in [3.05, 3.63) is 36.0 Å². The van der Waals surface area contributed by atoms with Gasteiger partial charge in [0.05, 0.1) is 6.04 Å². The number of amides is 1. The van der Waals surface area contributed by atoms with Gasteiger partial charge in [0, 0.05) is 36.9 Å². The normalized spacial score (nSPS) is 16.5. The Hall–Kier alpha value is -1.56. The molecule has 1 amide bonds. The summed E-state index contributed by atoms with van der Waals surface area (Å²) in [6.07, 6.45) is 5.69. The van der Waals surface area contributed by atoms with Crippen LogP contribution in [0.2, 0.25) is 0 Å². The Kier molecular flexibility index (Phi) is 7.09. The number of H-pyrrole nitrogens is 1. The zero-order valence-corrected chi connectivity index (χ0v) is 14.6. The Labute approximate surface area is 148 Å². The highest BCUT2D eigenvalue weighted by Crippen LogP contribution is 2.19. The second kappa shape index (κ2) is 9.06. The first-order chi connectivity index (χ1) is 11.2. The molecule has 0 aliphatic carbocycles. The zero-order valence-electron chi connectivity index (χ0n) is 13.8. The minimum Gasteiger partial charge on any atom is -0.381 e. The highest BCUT2D eigenvalue weighted by Gasteiger charge is 2.17. The molecule has 6 heteroatoms. The number of nitrogens with two attached hydrogens (primary N) is 1. The number of nitrogens with one attached hydrogen (secondary N) is 2. The van der Waals surface area contributed by atoms with Crippen LogP contribution in [0.3, 0.4) is 0 Å². The first kappa shape index (κ1) is 18.8. The Morgan fingerprint density at radius 3 is 2.88 bits per heavy atom. The summed E-state index contributed by atoms with van der Waals surface area (Å²) in [5, 5.41) is 4.11. The van der Waals surface area contributed by atoms with Crippen LogP contribution in [0.15, 0.2) is 30.5 Å². The second-order valence-electron chi connectivity index (χ2n) is 6.31. The lowest BCUT2D eigenvalue weighted by atomic mass is 9.96. The van der Waals surface area contributed by atoms with Crippen LogP contribution in [0, 0.1) is 5.92 Å². The summed E-state index contributed by atoms with van der Waals surface area (Å²) in [5.41, 5.74) is 8.24. The van der Waals surface area contributed by atoms with Crippen LogP contribution in [-0.2, 0) is 16.0 Å². The van der Waals surface area contributed by atoms with Crippen molar-refractivity contribution in [2.45, 2.75) is 31.7 Å². The van der Waals surface area contributed by atoms with E-state index in [0.717, 1.165) is 48.9 Å². The van der Waals surface area contributed by atoms with Crippen molar-refractivity contribution >= 4 is 29.2 Å². The van der Waals surface area contributed by atoms with Gasteiger partial charge in [-0.1, -0.05) is 18.2 Å². The Bertz CT molecular complexity index is 653. The molecule has 2 aromatic rings. The van der Waals surface area contributed by atoms with Crippen molar-refractivity contribution < 1.29 is 9.53 Å². The van der Waals surface area contributed by atoms with Gasteiger partial charge >= 0.3 is 0 Å². The average Bonchev–Trinajstić information content (AvgIpc) is 2.99. The van der Waals surface area contributed by atoms with Gasteiger partial charge in [-0.3, -0.25) is 4.79 Å². The molecule has 1 aromatic carbocycles. The van der Waals surface area contributed by atoms with Crippen LogP contribution >= 0.6 is 12.4 Å². The summed E-state index contributed by atoms with van der Waals surface area (Å²) >= 11 is 0. The number of carbonyl (C=O) groups excluding carboxylic acids is 1. The van der Waals surface area contributed by atoms with Gasteiger partial charge in [0.25, 0.3) is 0 Å². The molecule has 0 radical (unpaired) electrons. The van der Waals surface area contributed by atoms with Crippen LogP contribution in [-0.4, -0.2) is 36.7 Å². The van der Waals surface area contributed by atoms with Gasteiger partial charge in [-0.15, -0.1) is 12.4 Å². The average molecular weight is 352 g/mol. The molecule has 1 atom stereocenters. The number of para-hydroxylation sites is 1. The van der Waals surface area contributed by atoms with E-state index in [1.165, 1.54) is 0 Å². The molecule has 2 heterocycles. The molecule has 0 unspecified atom stereocenters. The zero-order chi connectivity index (χ0) is 16.1. The number of hydrogen-bond donors (Lipinski definition) is 3. The lowest BCUT2D eigenvalue weighted by molar-refractivity contribution is -0.122. The molecular formula is C18H26ClN3O2. The van der Waals surface area contributed by atoms with E-state index in [1.807, 2.05) is 24.4 Å². The molecular weight excluding hydrogens is 326 g/mol. The quantitative estimate of drug-likeness (QED) is 0.747. The summed E-state index contributed by atoms with van der Waals surface area (Å²) < 4.78 is 5.35. The van der Waals surface area contributed by atoms with Crippen LogP contribution in [0.5, 0.6) is 0 Å². The van der Waals surface area contributed by atoms with Gasteiger partial charge in [0.1, 0.15) is 0 Å². The van der Waals surface area contributed by atoms with Gasteiger partial charge in [0.2, 0.25) is 5.91 Å². The van der Waals surface area contributed by atoms with Crippen LogP contribution < -0.4 is 11.1 Å². The maximum absolute atomic E-state index is 12.2. The number of rotatable bonds is 6. The standard InChI is InChI=1S/C18H25N3O2.ClH/c19-16(11-14-12-21-17-4-2-1-3-15(14)17)18(22)20-8-5-13-6-9-23-10-7-13;/h1-4,12-13,16,21H,5-11,19H2,(H,20,22);1H/t16-;/m0./s1. The predicted octanol–water partition coefficient (Wildman–Crippen LogP) is 2.39. The molecule has 0 bridgehead atoms. The first-order valence-electron chi connectivity index (χ1n) is 8.40. The predicted molar refractivity (Wildman–Crippen MR) is 98.4 cm³/mol. The molecule has 1 aliphatic heterocycles. The number of aromatic nitrogens is 1. The monoisotopic (exact) mass is 351 g/mol. The van der Waals surface area contributed by atoms with Crippen molar-refractivity contribution in [2.75, 3.05) is 19.8 Å². The van der Waals surface area contributed by atoms with E-state index in [9.17, 15) is 4.79 Å². The van der Waals surface area contributed by atoms with E-state index in [1.54, 1.807) is 0 Å². The van der Waals surface area contributed by atoms with Crippen molar-refractivity contribution in [3.63, 3.8) is 0 Å². The minimum atomic E-state index is -0.510. The van der Waals surface area contributed by atoms with E-state index >= 15 is 0 Å². The van der Waals surface area contributed by atoms with Gasteiger partial charge < -0.3 is 20.8 Å². The van der Waals surface area contributed by atoms with Crippen molar-refractivity contribution in [2.24, 2.45) is 11.7 Å². The highest BCUT2D eigenvalue weighted by molar-refractivity contribution is 5.86. The van der Waals surface area contributed by atoms with E-state index < -0.39 is 6.04 Å². The fraction of sp³-hybridized carbons (Fsp3) is 0.500. The number of ether oxygens (including phenoxy) is 1. The maximum Gasteiger partial charge on any atom is 0.237 e. The SMILES string of the molecule is Cl.N[C@@H](Cc1c[nH]c2ccccc12)C(=O)NCCC1CCOCC1. The van der Waals surface area contributed by atoms with Crippen molar-refractivity contribution in [3.8, 4) is 0 Å². The third-order valence-corrected chi connectivity index (χ3v) is 4.64. The van der Waals surface area contributed by atoms with Crippen LogP contribution in [0.1, 0.15) is 24.8 Å². The lowest BCUT2D eigenvalue weighted by Crippen LogP contribution is -2.42. The molecule has 1 fully saturated rings. The number of aromatic amines is 1. The summed E-state index contributed by atoms with van der Waals surface area (Å²) in [6, 6.07) is 7.56. The molecule has 1 saturated heterocycles. The smallest absolute Gasteiger partial charge is 0.237 e. The number of fused-ring (bicyclic) bond motifs is 1. The molecule has 5 nitrogen and oxygen atoms in total. The van der Waals surface area contributed by atoms with E-state index in [0.29, 0.717) is 18.9 Å². The van der Waals surface area contributed by atoms with Gasteiger partial charge in [-0.2, -0.15) is 0 Å². The maximum atomic E-state index is 12.2. The lowest BCUT2D eigenvalue weighted by Gasteiger charge is -2.22. The third-order valence-electron chi connectivity index (χ3n) is 4.64. The Morgan fingerprint density at radius 1 is 1.33 bits per heavy atom. The summed E-state index contributed by atoms with van der Waals surface area (Å²) in [6.45, 7) is 2.39. The summed E-state index contributed by atoms with van der Waals surface area (Å²) in [4.78, 5) is 15.4. The fourth-order valence-corrected chi connectivity index (χ4v) is 3.20.